The predicted octanol–water partition coefficient (Wildman–Crippen LogP) is 7.26. The minimum atomic E-state index is 0.0287. The van der Waals surface area contributed by atoms with Crippen molar-refractivity contribution >= 4 is 6.08 Å². The fraction of sp³-hybridized carbons (Fsp3) is 0.462. The third-order valence-electron chi connectivity index (χ3n) is 5.91. The van der Waals surface area contributed by atoms with E-state index >= 15 is 0 Å². The highest BCUT2D eigenvalue weighted by atomic mass is 16.5. The molecule has 1 unspecified atom stereocenters. The molecular weight excluding hydrogens is 328 g/mol. The molecule has 1 aliphatic rings. The van der Waals surface area contributed by atoms with Crippen molar-refractivity contribution in [2.45, 2.75) is 66.7 Å². The number of ether oxygens (including phenoxy) is 1. The van der Waals surface area contributed by atoms with Gasteiger partial charge >= 0.3 is 0 Å². The summed E-state index contributed by atoms with van der Waals surface area (Å²) in [6.45, 7) is 15.8. The number of benzene rings is 2. The van der Waals surface area contributed by atoms with E-state index in [0.717, 1.165) is 12.2 Å². The smallest absolute Gasteiger partial charge is 0.130 e. The number of methoxy groups -OCH3 is 1. The van der Waals surface area contributed by atoms with E-state index in [2.05, 4.69) is 78.8 Å². The van der Waals surface area contributed by atoms with Crippen LogP contribution in [0.15, 0.2) is 29.8 Å². The van der Waals surface area contributed by atoms with Crippen molar-refractivity contribution in [1.29, 1.82) is 0 Å². The molecule has 0 fully saturated rings. The van der Waals surface area contributed by atoms with Gasteiger partial charge < -0.3 is 4.74 Å². The molecule has 0 heterocycles. The van der Waals surface area contributed by atoms with E-state index in [9.17, 15) is 0 Å². The van der Waals surface area contributed by atoms with E-state index in [1.54, 1.807) is 5.57 Å². The molecule has 3 rings (SSSR count). The van der Waals surface area contributed by atoms with Crippen LogP contribution in [0.5, 0.6) is 5.75 Å². The van der Waals surface area contributed by atoms with Crippen molar-refractivity contribution in [3.05, 3.63) is 57.7 Å². The maximum absolute atomic E-state index is 6.06. The molecule has 1 aliphatic carbocycles. The highest BCUT2D eigenvalue weighted by Crippen LogP contribution is 2.47. The molecule has 0 amide bonds. The monoisotopic (exact) mass is 362 g/mol. The molecule has 27 heavy (non-hydrogen) atoms. The van der Waals surface area contributed by atoms with Crippen LogP contribution in [0.25, 0.3) is 17.2 Å². The average molecular weight is 363 g/mol. The molecule has 144 valence electrons. The van der Waals surface area contributed by atoms with Gasteiger partial charge in [-0.05, 0) is 60.8 Å². The van der Waals surface area contributed by atoms with Crippen molar-refractivity contribution in [3.8, 4) is 16.9 Å². The van der Waals surface area contributed by atoms with Crippen LogP contribution in [-0.2, 0) is 11.8 Å². The first kappa shape index (κ1) is 19.7. The van der Waals surface area contributed by atoms with Crippen LogP contribution in [0.2, 0.25) is 0 Å². The Morgan fingerprint density at radius 1 is 1.04 bits per heavy atom. The molecule has 2 aromatic rings. The van der Waals surface area contributed by atoms with Gasteiger partial charge in [-0.2, -0.15) is 0 Å². The maximum Gasteiger partial charge on any atom is 0.130 e. The van der Waals surface area contributed by atoms with E-state index in [4.69, 9.17) is 4.74 Å². The second kappa shape index (κ2) is 7.19. The van der Waals surface area contributed by atoms with Crippen molar-refractivity contribution in [1.82, 2.24) is 0 Å². The van der Waals surface area contributed by atoms with Gasteiger partial charge in [0.25, 0.3) is 0 Å². The summed E-state index contributed by atoms with van der Waals surface area (Å²) < 4.78 is 6.06. The first-order chi connectivity index (χ1) is 12.7. The normalized spacial score (nSPS) is 14.7. The highest BCUT2D eigenvalue weighted by Gasteiger charge is 2.29. The largest absolute Gasteiger partial charge is 0.496 e. The molecule has 0 N–H and O–H groups in total. The third kappa shape index (κ3) is 3.70. The zero-order valence-electron chi connectivity index (χ0n) is 18.3. The summed E-state index contributed by atoms with van der Waals surface area (Å²) in [5.41, 5.74) is 10.9. The van der Waals surface area contributed by atoms with E-state index < -0.39 is 0 Å². The number of hydrogen-bond acceptors (Lipinski definition) is 1. The fourth-order valence-corrected chi connectivity index (χ4v) is 4.27. The molecule has 1 atom stereocenters. The van der Waals surface area contributed by atoms with Gasteiger partial charge in [-0.3, -0.25) is 0 Å². The van der Waals surface area contributed by atoms with E-state index in [0.29, 0.717) is 5.92 Å². The van der Waals surface area contributed by atoms with Gasteiger partial charge in [0.05, 0.1) is 7.11 Å². The quantitative estimate of drug-likeness (QED) is 0.556. The van der Waals surface area contributed by atoms with Crippen LogP contribution in [0.3, 0.4) is 0 Å². The van der Waals surface area contributed by atoms with E-state index in [1.807, 2.05) is 7.11 Å². The number of rotatable bonds is 4. The lowest BCUT2D eigenvalue weighted by atomic mass is 9.81. The molecule has 0 bridgehead atoms. The lowest BCUT2D eigenvalue weighted by Crippen LogP contribution is -2.14. The molecule has 1 nitrogen and oxygen atoms in total. The summed E-state index contributed by atoms with van der Waals surface area (Å²) in [7, 11) is 1.82. The summed E-state index contributed by atoms with van der Waals surface area (Å²) in [5.74, 6) is 1.67. The lowest BCUT2D eigenvalue weighted by molar-refractivity contribution is 0.399. The second-order valence-corrected chi connectivity index (χ2v) is 9.23. The molecule has 0 saturated carbocycles. The van der Waals surface area contributed by atoms with Gasteiger partial charge in [0.15, 0.2) is 0 Å². The minimum Gasteiger partial charge on any atom is -0.496 e. The van der Waals surface area contributed by atoms with Crippen molar-refractivity contribution in [2.24, 2.45) is 5.92 Å². The molecule has 0 radical (unpaired) electrons. The summed E-state index contributed by atoms with van der Waals surface area (Å²) in [4.78, 5) is 0. The fourth-order valence-electron chi connectivity index (χ4n) is 4.27. The van der Waals surface area contributed by atoms with Crippen LogP contribution in [0.1, 0.15) is 68.9 Å². The van der Waals surface area contributed by atoms with Gasteiger partial charge in [-0.1, -0.05) is 75.6 Å². The molecule has 0 spiro atoms. The highest BCUT2D eigenvalue weighted by molar-refractivity contribution is 5.84. The van der Waals surface area contributed by atoms with Crippen LogP contribution in [0, 0.1) is 19.8 Å². The number of fused-ring (bicyclic) bond motifs is 1. The SMILES string of the molecule is CCC(C)C1=Cc2cc(C(C)(C)C)c(OC)c(-c3cc(C)cc(C)c3)c2C1. The summed E-state index contributed by atoms with van der Waals surface area (Å²) in [6, 6.07) is 9.22. The molecule has 2 aromatic carbocycles. The zero-order chi connectivity index (χ0) is 19.9. The Morgan fingerprint density at radius 3 is 2.19 bits per heavy atom. The van der Waals surface area contributed by atoms with E-state index in [1.165, 1.54) is 45.4 Å². The Hall–Kier alpha value is -2.02. The molecular formula is C26H34O. The van der Waals surface area contributed by atoms with Crippen molar-refractivity contribution < 1.29 is 4.74 Å². The zero-order valence-corrected chi connectivity index (χ0v) is 18.3. The molecule has 0 aromatic heterocycles. The Labute approximate surface area is 165 Å². The number of aryl methyl sites for hydroxylation is 2. The Bertz CT molecular complexity index is 873. The van der Waals surface area contributed by atoms with Gasteiger partial charge in [-0.25, -0.2) is 0 Å². The average Bonchev–Trinajstić information content (AvgIpc) is 3.01. The van der Waals surface area contributed by atoms with Gasteiger partial charge in [0.2, 0.25) is 0 Å². The Balaban J connectivity index is 2.32. The Kier molecular flexibility index (Phi) is 5.25. The topological polar surface area (TPSA) is 9.23 Å². The standard InChI is InChI=1S/C26H34O/c1-9-18(4)19-13-20-15-23(26(5,6)7)25(27-8)24(22(20)14-19)21-11-16(2)10-17(3)12-21/h10-13,15,18H,9,14H2,1-8H3. The van der Waals surface area contributed by atoms with Crippen LogP contribution in [-0.4, -0.2) is 7.11 Å². The third-order valence-corrected chi connectivity index (χ3v) is 5.91. The summed E-state index contributed by atoms with van der Waals surface area (Å²) >= 11 is 0. The van der Waals surface area contributed by atoms with Crippen molar-refractivity contribution in [3.63, 3.8) is 0 Å². The van der Waals surface area contributed by atoms with Crippen LogP contribution < -0.4 is 4.74 Å². The van der Waals surface area contributed by atoms with Crippen LogP contribution >= 0.6 is 0 Å². The first-order valence-electron chi connectivity index (χ1n) is 10.2. The first-order valence-corrected chi connectivity index (χ1v) is 10.2. The van der Waals surface area contributed by atoms with Gasteiger partial charge in [0, 0.05) is 11.1 Å². The number of hydrogen-bond donors (Lipinski definition) is 0. The van der Waals surface area contributed by atoms with Crippen LogP contribution in [0.4, 0.5) is 0 Å². The maximum atomic E-state index is 6.06. The molecule has 0 aliphatic heterocycles. The molecule has 0 saturated heterocycles. The molecule has 1 heteroatoms. The summed E-state index contributed by atoms with van der Waals surface area (Å²) in [6.07, 6.45) is 4.65. The van der Waals surface area contributed by atoms with Crippen molar-refractivity contribution in [2.75, 3.05) is 7.11 Å². The van der Waals surface area contributed by atoms with E-state index in [-0.39, 0.29) is 5.41 Å². The Morgan fingerprint density at radius 2 is 1.67 bits per heavy atom. The second-order valence-electron chi connectivity index (χ2n) is 9.23. The predicted molar refractivity (Wildman–Crippen MR) is 118 cm³/mol. The van der Waals surface area contributed by atoms with Gasteiger partial charge in [-0.15, -0.1) is 0 Å². The minimum absolute atomic E-state index is 0.0287. The van der Waals surface area contributed by atoms with Gasteiger partial charge in [0.1, 0.15) is 5.75 Å². The number of allylic oxidation sites excluding steroid dienone is 1. The summed E-state index contributed by atoms with van der Waals surface area (Å²) in [5, 5.41) is 0. The lowest BCUT2D eigenvalue weighted by Gasteiger charge is -2.26.